The Morgan fingerprint density at radius 2 is 1.95 bits per heavy atom. The van der Waals surface area contributed by atoms with E-state index in [1.54, 1.807) is 6.92 Å². The second kappa shape index (κ2) is 6.76. The fraction of sp³-hybridized carbons (Fsp3) is 0.533. The molecule has 1 aliphatic rings. The summed E-state index contributed by atoms with van der Waals surface area (Å²) in [6, 6.07) is 5.60. The summed E-state index contributed by atoms with van der Waals surface area (Å²) in [5, 5.41) is 0. The zero-order chi connectivity index (χ0) is 16.3. The van der Waals surface area contributed by atoms with Crippen LogP contribution in [0.5, 0.6) is 0 Å². The first-order valence-electron chi connectivity index (χ1n) is 7.27. The third kappa shape index (κ3) is 3.48. The van der Waals surface area contributed by atoms with Gasteiger partial charge in [-0.15, -0.1) is 0 Å². The maximum atomic E-state index is 12.7. The molecule has 6 nitrogen and oxygen atoms in total. The van der Waals surface area contributed by atoms with Crippen LogP contribution >= 0.6 is 0 Å². The third-order valence-electron chi connectivity index (χ3n) is 3.52. The van der Waals surface area contributed by atoms with E-state index < -0.39 is 16.0 Å². The summed E-state index contributed by atoms with van der Waals surface area (Å²) in [4.78, 5) is 11.8. The zero-order valence-electron chi connectivity index (χ0n) is 13.0. The summed E-state index contributed by atoms with van der Waals surface area (Å²) in [5.74, 6) is -0.459. The third-order valence-corrected chi connectivity index (χ3v) is 5.52. The molecular formula is C15H21NO5S. The molecule has 0 unspecified atom stereocenters. The van der Waals surface area contributed by atoms with Crippen LogP contribution in [0.25, 0.3) is 0 Å². The average molecular weight is 327 g/mol. The number of hydrogen-bond acceptors (Lipinski definition) is 5. The number of carbonyl (C=O) groups excluding carboxylic acids is 1. The minimum atomic E-state index is -3.60. The molecule has 1 heterocycles. The minimum Gasteiger partial charge on any atom is -0.462 e. The Balaban J connectivity index is 2.24. The van der Waals surface area contributed by atoms with Crippen molar-refractivity contribution in [2.75, 3.05) is 19.8 Å². The van der Waals surface area contributed by atoms with E-state index in [0.29, 0.717) is 18.7 Å². The topological polar surface area (TPSA) is 72.9 Å². The van der Waals surface area contributed by atoms with E-state index in [1.807, 2.05) is 13.8 Å². The molecule has 122 valence electrons. The normalized spacial score (nSPS) is 23.2. The Labute approximate surface area is 131 Å². The maximum Gasteiger partial charge on any atom is 0.338 e. The van der Waals surface area contributed by atoms with Gasteiger partial charge in [0.25, 0.3) is 0 Å². The Morgan fingerprint density at radius 1 is 1.32 bits per heavy atom. The molecule has 0 radical (unpaired) electrons. The highest BCUT2D eigenvalue weighted by Crippen LogP contribution is 2.22. The van der Waals surface area contributed by atoms with Gasteiger partial charge in [0.15, 0.2) is 0 Å². The Hall–Kier alpha value is -1.44. The van der Waals surface area contributed by atoms with Crippen LogP contribution in [0.1, 0.15) is 31.1 Å². The molecule has 2 rings (SSSR count). The largest absolute Gasteiger partial charge is 0.462 e. The predicted molar refractivity (Wildman–Crippen MR) is 81.2 cm³/mol. The number of esters is 1. The van der Waals surface area contributed by atoms with Crippen LogP contribution in [0.4, 0.5) is 0 Å². The maximum absolute atomic E-state index is 12.7. The van der Waals surface area contributed by atoms with Crippen LogP contribution in [-0.4, -0.2) is 50.6 Å². The molecule has 1 fully saturated rings. The molecule has 1 aromatic rings. The van der Waals surface area contributed by atoms with Gasteiger partial charge in [0, 0.05) is 12.6 Å². The first kappa shape index (κ1) is 16.9. The lowest BCUT2D eigenvalue weighted by atomic mass is 10.2. The van der Waals surface area contributed by atoms with E-state index >= 15 is 0 Å². The molecule has 2 atom stereocenters. The molecule has 22 heavy (non-hydrogen) atoms. The van der Waals surface area contributed by atoms with Gasteiger partial charge in [-0.3, -0.25) is 0 Å². The molecule has 1 saturated heterocycles. The molecular weight excluding hydrogens is 306 g/mol. The van der Waals surface area contributed by atoms with Gasteiger partial charge >= 0.3 is 5.97 Å². The fourth-order valence-corrected chi connectivity index (χ4v) is 4.01. The second-order valence-corrected chi connectivity index (χ2v) is 7.20. The van der Waals surface area contributed by atoms with Gasteiger partial charge < -0.3 is 9.47 Å². The summed E-state index contributed by atoms with van der Waals surface area (Å²) in [7, 11) is -3.60. The quantitative estimate of drug-likeness (QED) is 0.787. The molecule has 1 aliphatic heterocycles. The second-order valence-electron chi connectivity index (χ2n) is 5.31. The number of benzene rings is 1. The Bertz CT molecular complexity index is 626. The van der Waals surface area contributed by atoms with Crippen LogP contribution in [-0.2, 0) is 19.5 Å². The van der Waals surface area contributed by atoms with Gasteiger partial charge in [0.1, 0.15) is 0 Å². The van der Waals surface area contributed by atoms with Crippen molar-refractivity contribution in [1.82, 2.24) is 4.31 Å². The van der Waals surface area contributed by atoms with E-state index in [9.17, 15) is 13.2 Å². The Kier molecular flexibility index (Phi) is 5.20. The lowest BCUT2D eigenvalue weighted by Gasteiger charge is -2.35. The summed E-state index contributed by atoms with van der Waals surface area (Å²) in [6.07, 6.45) is -0.134. The van der Waals surface area contributed by atoms with E-state index in [4.69, 9.17) is 9.47 Å². The highest BCUT2D eigenvalue weighted by atomic mass is 32.2. The molecule has 0 aliphatic carbocycles. The molecule has 0 bridgehead atoms. The van der Waals surface area contributed by atoms with Crippen molar-refractivity contribution in [3.05, 3.63) is 29.8 Å². The smallest absolute Gasteiger partial charge is 0.338 e. The first-order chi connectivity index (χ1) is 10.4. The lowest BCUT2D eigenvalue weighted by molar-refractivity contribution is -0.0170. The number of morpholine rings is 1. The van der Waals surface area contributed by atoms with Crippen molar-refractivity contribution in [3.63, 3.8) is 0 Å². The van der Waals surface area contributed by atoms with E-state index in [0.717, 1.165) is 0 Å². The van der Waals surface area contributed by atoms with Crippen LogP contribution < -0.4 is 0 Å². The highest BCUT2D eigenvalue weighted by Gasteiger charge is 2.34. The standard InChI is InChI=1S/C15H21NO5S/c1-4-20-15(17)13-5-7-14(8-6-13)22(18,19)16-9-12(3)21-10-11(16)2/h5-8,11-12H,4,9-10H2,1-3H3/t11-,12+/m0/s1. The van der Waals surface area contributed by atoms with Crippen LogP contribution in [0.2, 0.25) is 0 Å². The van der Waals surface area contributed by atoms with Gasteiger partial charge in [0.05, 0.1) is 29.8 Å². The lowest BCUT2D eigenvalue weighted by Crippen LogP contribution is -2.50. The fourth-order valence-electron chi connectivity index (χ4n) is 2.32. The van der Waals surface area contributed by atoms with Crippen LogP contribution in [0, 0.1) is 0 Å². The molecule has 0 N–H and O–H groups in total. The average Bonchev–Trinajstić information content (AvgIpc) is 2.50. The summed E-state index contributed by atoms with van der Waals surface area (Å²) in [6.45, 7) is 6.36. The van der Waals surface area contributed by atoms with Gasteiger partial charge in [0.2, 0.25) is 10.0 Å². The number of ether oxygens (including phenoxy) is 2. The highest BCUT2D eigenvalue weighted by molar-refractivity contribution is 7.89. The van der Waals surface area contributed by atoms with Gasteiger partial charge in [-0.1, -0.05) is 0 Å². The van der Waals surface area contributed by atoms with Crippen molar-refractivity contribution in [2.45, 2.75) is 37.8 Å². The number of carbonyl (C=O) groups is 1. The zero-order valence-corrected chi connectivity index (χ0v) is 13.8. The van der Waals surface area contributed by atoms with Gasteiger partial charge in [-0.2, -0.15) is 4.31 Å². The van der Waals surface area contributed by atoms with Crippen molar-refractivity contribution < 1.29 is 22.7 Å². The summed E-state index contributed by atoms with van der Waals surface area (Å²) < 4.78 is 37.2. The van der Waals surface area contributed by atoms with Crippen LogP contribution in [0.15, 0.2) is 29.2 Å². The number of rotatable bonds is 4. The molecule has 0 amide bonds. The van der Waals surface area contributed by atoms with E-state index in [1.165, 1.54) is 28.6 Å². The molecule has 0 spiro atoms. The minimum absolute atomic E-state index is 0.134. The Morgan fingerprint density at radius 3 is 2.55 bits per heavy atom. The number of hydrogen-bond donors (Lipinski definition) is 0. The predicted octanol–water partition coefficient (Wildman–Crippen LogP) is 1.66. The number of sulfonamides is 1. The van der Waals surface area contributed by atoms with E-state index in [2.05, 4.69) is 0 Å². The van der Waals surface area contributed by atoms with Crippen molar-refractivity contribution in [2.24, 2.45) is 0 Å². The van der Waals surface area contributed by atoms with Gasteiger partial charge in [-0.05, 0) is 45.0 Å². The van der Waals surface area contributed by atoms with Crippen molar-refractivity contribution >= 4 is 16.0 Å². The van der Waals surface area contributed by atoms with Crippen molar-refractivity contribution in [1.29, 1.82) is 0 Å². The molecule has 0 aromatic heterocycles. The monoisotopic (exact) mass is 327 g/mol. The van der Waals surface area contributed by atoms with E-state index in [-0.39, 0.29) is 23.6 Å². The summed E-state index contributed by atoms with van der Waals surface area (Å²) >= 11 is 0. The molecule has 0 saturated carbocycles. The first-order valence-corrected chi connectivity index (χ1v) is 8.71. The number of nitrogens with zero attached hydrogens (tertiary/aromatic N) is 1. The van der Waals surface area contributed by atoms with Crippen LogP contribution in [0.3, 0.4) is 0 Å². The van der Waals surface area contributed by atoms with Gasteiger partial charge in [-0.25, -0.2) is 13.2 Å². The summed E-state index contributed by atoms with van der Waals surface area (Å²) in [5.41, 5.74) is 0.337. The SMILES string of the molecule is CCOC(=O)c1ccc(S(=O)(=O)N2C[C@@H](C)OC[C@@H]2C)cc1. The molecule has 1 aromatic carbocycles. The molecule has 7 heteroatoms. The van der Waals surface area contributed by atoms with Crippen molar-refractivity contribution in [3.8, 4) is 0 Å².